The molecule has 0 saturated carbocycles. The van der Waals surface area contributed by atoms with Crippen molar-refractivity contribution < 1.29 is 0 Å². The molecule has 1 nitrogen and oxygen atoms in total. The highest BCUT2D eigenvalue weighted by atomic mass is 14.8. The van der Waals surface area contributed by atoms with Crippen LogP contribution in [0.1, 0.15) is 177 Å². The third-order valence-corrected chi connectivity index (χ3v) is 14.6. The van der Waals surface area contributed by atoms with Crippen molar-refractivity contribution in [1.29, 1.82) is 0 Å². The summed E-state index contributed by atoms with van der Waals surface area (Å²) < 4.78 is 0. The number of hydrogen-bond donors (Lipinski definition) is 1. The van der Waals surface area contributed by atoms with Crippen LogP contribution in [0, 0.1) is 19.3 Å². The topological polar surface area (TPSA) is 12.0 Å². The van der Waals surface area contributed by atoms with E-state index in [4.69, 9.17) is 13.2 Å². The number of aryl methyl sites for hydroxylation is 4. The molecule has 1 aliphatic carbocycles. The molecule has 4 aromatic carbocycles. The Morgan fingerprint density at radius 2 is 0.986 bits per heavy atom. The maximum Gasteiger partial charge on any atom is -0.00519 e. The Bertz CT molecular complexity index is 2720. The summed E-state index contributed by atoms with van der Waals surface area (Å²) in [5.74, 6) is 0. The lowest BCUT2D eigenvalue weighted by molar-refractivity contribution is 0.507. The molecule has 0 saturated heterocycles. The molecule has 0 unspecified atom stereocenters. The van der Waals surface area contributed by atoms with E-state index >= 15 is 0 Å². The van der Waals surface area contributed by atoms with Crippen LogP contribution in [0.25, 0.3) is 22.3 Å². The SMILES string of the molecule is C=C1\C=C/C(C)=C(c2cccc(C)c2)/C(C)=C/CC(C)(C)/C(c2cccc(C)c2)=C(C)/C=C\C(=C)/C(c2cccc(CCCCCCNC)c2)=C(\C)C/C=C\C(C)=C\1c1cccc(CCCCCCCC)c1. The smallest absolute Gasteiger partial charge is 0.00519 e. The molecule has 0 radical (unpaired) electrons. The van der Waals surface area contributed by atoms with Gasteiger partial charge in [-0.25, -0.2) is 0 Å². The van der Waals surface area contributed by atoms with Gasteiger partial charge in [-0.2, -0.15) is 0 Å². The highest BCUT2D eigenvalue weighted by molar-refractivity contribution is 5.87. The first-order chi connectivity index (χ1) is 34.6. The summed E-state index contributed by atoms with van der Waals surface area (Å²) in [4.78, 5) is 0. The molecule has 4 aromatic rings. The van der Waals surface area contributed by atoms with Gasteiger partial charge in [-0.05, 0) is 202 Å². The fraction of sp³-hybridized carbons (Fsp3) is 0.380. The van der Waals surface area contributed by atoms with Crippen LogP contribution in [-0.4, -0.2) is 13.6 Å². The Morgan fingerprint density at radius 1 is 0.500 bits per heavy atom. The molecule has 0 fully saturated rings. The van der Waals surface area contributed by atoms with E-state index in [1.165, 1.54) is 159 Å². The van der Waals surface area contributed by atoms with Gasteiger partial charge < -0.3 is 5.32 Å². The molecule has 380 valence electrons. The zero-order chi connectivity index (χ0) is 52.0. The van der Waals surface area contributed by atoms with Crippen LogP contribution in [0.2, 0.25) is 0 Å². The number of unbranched alkanes of at least 4 members (excludes halogenated alkanes) is 8. The summed E-state index contributed by atoms with van der Waals surface area (Å²) in [5.41, 5.74) is 23.4. The van der Waals surface area contributed by atoms with Gasteiger partial charge in [0.1, 0.15) is 0 Å². The average molecular weight is 959 g/mol. The summed E-state index contributed by atoms with van der Waals surface area (Å²) in [5, 5.41) is 3.30. The van der Waals surface area contributed by atoms with Gasteiger partial charge in [-0.15, -0.1) is 0 Å². The second-order valence-electron chi connectivity index (χ2n) is 21.6. The molecular formula is C71H91N. The third kappa shape index (κ3) is 17.2. The Hall–Kier alpha value is -5.76. The average Bonchev–Trinajstić information content (AvgIpc) is 3.34. The highest BCUT2D eigenvalue weighted by Gasteiger charge is 2.26. The van der Waals surface area contributed by atoms with Gasteiger partial charge in [0.05, 0.1) is 0 Å². The van der Waals surface area contributed by atoms with Crippen LogP contribution < -0.4 is 5.32 Å². The van der Waals surface area contributed by atoms with E-state index in [1.807, 2.05) is 7.05 Å². The first-order valence-corrected chi connectivity index (χ1v) is 27.5. The molecule has 1 heteroatoms. The van der Waals surface area contributed by atoms with Gasteiger partial charge in [0.2, 0.25) is 0 Å². The van der Waals surface area contributed by atoms with Gasteiger partial charge in [0.15, 0.2) is 0 Å². The number of rotatable bonds is 18. The van der Waals surface area contributed by atoms with Crippen LogP contribution >= 0.6 is 0 Å². The van der Waals surface area contributed by atoms with Gasteiger partial charge in [-0.3, -0.25) is 0 Å². The monoisotopic (exact) mass is 958 g/mol. The van der Waals surface area contributed by atoms with Crippen molar-refractivity contribution in [3.8, 4) is 0 Å². The van der Waals surface area contributed by atoms with Crippen molar-refractivity contribution in [3.63, 3.8) is 0 Å². The molecule has 0 aromatic heterocycles. The second kappa shape index (κ2) is 29.1. The van der Waals surface area contributed by atoms with E-state index in [0.717, 1.165) is 43.4 Å². The number of allylic oxidation sites excluding steroid dienone is 18. The first kappa shape index (κ1) is 57.1. The van der Waals surface area contributed by atoms with Crippen molar-refractivity contribution in [2.45, 2.75) is 159 Å². The molecule has 0 bridgehead atoms. The Labute approximate surface area is 439 Å². The van der Waals surface area contributed by atoms with Crippen LogP contribution in [0.4, 0.5) is 0 Å². The summed E-state index contributed by atoms with van der Waals surface area (Å²) >= 11 is 0. The minimum atomic E-state index is -0.194. The van der Waals surface area contributed by atoms with E-state index in [2.05, 4.69) is 214 Å². The minimum absolute atomic E-state index is 0.194. The van der Waals surface area contributed by atoms with Crippen molar-refractivity contribution in [2.24, 2.45) is 5.41 Å². The first-order valence-electron chi connectivity index (χ1n) is 27.5. The predicted octanol–water partition coefficient (Wildman–Crippen LogP) is 20.3. The molecule has 0 spiro atoms. The largest absolute Gasteiger partial charge is 0.320 e. The molecule has 1 aliphatic rings. The van der Waals surface area contributed by atoms with E-state index < -0.39 is 0 Å². The van der Waals surface area contributed by atoms with Crippen LogP contribution in [-0.2, 0) is 12.8 Å². The molecule has 72 heavy (non-hydrogen) atoms. The van der Waals surface area contributed by atoms with Gasteiger partial charge in [0.25, 0.3) is 0 Å². The standard InChI is InChI=1S/C71H91N/c1-14-15-16-17-18-21-33-61-35-27-38-64(50-61)67-54(4)31-26-32-55(5)68(65-39-28-36-62(51-65)34-22-19-20-23-47-72-13)58(8)43-44-60(10)70(66-40-25-30-53(3)49-66)71(11,12)46-45-59(9)69(57(7)42-41-56(67)6)63-37-24-29-52(2)48-63/h24-31,35-45,48-51,72H,6,8,14-23,32-34,46-47H2,1-5,7,9-13H3/b31-26-,42-41-,44-43-,59-45+,67-54-,68-55-,69-57-,70-60+. The summed E-state index contributed by atoms with van der Waals surface area (Å²) in [7, 11) is 2.04. The molecule has 0 heterocycles. The minimum Gasteiger partial charge on any atom is -0.320 e. The Morgan fingerprint density at radius 3 is 1.58 bits per heavy atom. The Balaban J connectivity index is 1.70. The lowest BCUT2D eigenvalue weighted by atomic mass is 9.74. The van der Waals surface area contributed by atoms with Crippen molar-refractivity contribution in [3.05, 3.63) is 236 Å². The zero-order valence-corrected chi connectivity index (χ0v) is 46.8. The maximum absolute atomic E-state index is 4.85. The van der Waals surface area contributed by atoms with Crippen LogP contribution in [0.3, 0.4) is 0 Å². The quantitative estimate of drug-likeness (QED) is 0.0980. The molecule has 0 amide bonds. The normalized spacial score (nSPS) is 21.7. The molecule has 0 aliphatic heterocycles. The maximum atomic E-state index is 4.85. The van der Waals surface area contributed by atoms with E-state index in [9.17, 15) is 0 Å². The Kier molecular flexibility index (Phi) is 23.1. The lowest BCUT2D eigenvalue weighted by Gasteiger charge is -2.30. The fourth-order valence-electron chi connectivity index (χ4n) is 10.7. The van der Waals surface area contributed by atoms with Crippen molar-refractivity contribution in [1.82, 2.24) is 5.32 Å². The number of hydrogen-bond acceptors (Lipinski definition) is 1. The van der Waals surface area contributed by atoms with Crippen LogP contribution in [0.15, 0.2) is 192 Å². The summed E-state index contributed by atoms with van der Waals surface area (Å²) in [6.45, 7) is 33.7. The van der Waals surface area contributed by atoms with Gasteiger partial charge >= 0.3 is 0 Å². The predicted molar refractivity (Wildman–Crippen MR) is 321 cm³/mol. The lowest BCUT2D eigenvalue weighted by Crippen LogP contribution is -2.15. The number of nitrogens with one attached hydrogen (secondary N) is 1. The van der Waals surface area contributed by atoms with Crippen molar-refractivity contribution in [2.75, 3.05) is 13.6 Å². The van der Waals surface area contributed by atoms with Gasteiger partial charge in [-0.1, -0.05) is 235 Å². The van der Waals surface area contributed by atoms with E-state index in [1.54, 1.807) is 0 Å². The summed E-state index contributed by atoms with van der Waals surface area (Å²) in [6.07, 6.45) is 32.9. The van der Waals surface area contributed by atoms with Crippen LogP contribution in [0.5, 0.6) is 0 Å². The molecule has 1 N–H and O–H groups in total. The summed E-state index contributed by atoms with van der Waals surface area (Å²) in [6, 6.07) is 36.5. The fourth-order valence-corrected chi connectivity index (χ4v) is 10.7. The molecule has 0 atom stereocenters. The highest BCUT2D eigenvalue weighted by Crippen LogP contribution is 2.43. The molecule has 5 rings (SSSR count). The molecular weight excluding hydrogens is 867 g/mol. The second-order valence-corrected chi connectivity index (χ2v) is 21.6. The third-order valence-electron chi connectivity index (χ3n) is 14.6. The van der Waals surface area contributed by atoms with Crippen molar-refractivity contribution >= 4 is 22.3 Å². The zero-order valence-electron chi connectivity index (χ0n) is 46.8. The van der Waals surface area contributed by atoms with Gasteiger partial charge in [0, 0.05) is 0 Å². The number of benzene rings is 4. The van der Waals surface area contributed by atoms with E-state index in [-0.39, 0.29) is 5.41 Å². The van der Waals surface area contributed by atoms with E-state index in [0.29, 0.717) is 0 Å².